The Morgan fingerprint density at radius 1 is 1.39 bits per heavy atom. The van der Waals surface area contributed by atoms with Gasteiger partial charge in [0.25, 0.3) is 0 Å². The average Bonchev–Trinajstić information content (AvgIpc) is 2.38. The van der Waals surface area contributed by atoms with Crippen molar-refractivity contribution in [1.82, 2.24) is 10.9 Å². The van der Waals surface area contributed by atoms with Gasteiger partial charge in [-0.25, -0.2) is 5.43 Å². The lowest BCUT2D eigenvalue weighted by Gasteiger charge is -2.25. The van der Waals surface area contributed by atoms with Gasteiger partial charge in [-0.1, -0.05) is 19.1 Å². The molecule has 0 bridgehead atoms. The largest absolute Gasteiger partial charge is 0.496 e. The predicted octanol–water partition coefficient (Wildman–Crippen LogP) is 1.79. The van der Waals surface area contributed by atoms with Crippen LogP contribution in [0.2, 0.25) is 0 Å². The van der Waals surface area contributed by atoms with E-state index in [2.05, 4.69) is 17.8 Å². The standard InChI is InChI=1S/C14H22N2O2/c1-6-10-9-11(7-8-12(10)18-5)14(2,3)13(17)16-15-4/h7-9,15H,6H2,1-5H3,(H,16,17). The quantitative estimate of drug-likeness (QED) is 0.783. The molecule has 0 atom stereocenters. The van der Waals surface area contributed by atoms with Crippen LogP contribution in [-0.2, 0) is 16.6 Å². The van der Waals surface area contributed by atoms with E-state index in [-0.39, 0.29) is 5.91 Å². The van der Waals surface area contributed by atoms with Crippen LogP contribution in [0.25, 0.3) is 0 Å². The second kappa shape index (κ2) is 5.87. The molecule has 0 aliphatic rings. The second-order valence-corrected chi connectivity index (χ2v) is 4.71. The number of methoxy groups -OCH3 is 1. The highest BCUT2D eigenvalue weighted by molar-refractivity contribution is 5.87. The maximum atomic E-state index is 12.0. The summed E-state index contributed by atoms with van der Waals surface area (Å²) in [5.41, 5.74) is 6.81. The lowest BCUT2D eigenvalue weighted by atomic mass is 9.83. The molecule has 1 amide bonds. The fraction of sp³-hybridized carbons (Fsp3) is 0.500. The summed E-state index contributed by atoms with van der Waals surface area (Å²) in [6, 6.07) is 5.89. The number of hydrogen-bond acceptors (Lipinski definition) is 3. The van der Waals surface area contributed by atoms with Gasteiger partial charge in [0.05, 0.1) is 12.5 Å². The maximum absolute atomic E-state index is 12.0. The van der Waals surface area contributed by atoms with Crippen molar-refractivity contribution in [2.24, 2.45) is 0 Å². The van der Waals surface area contributed by atoms with E-state index in [4.69, 9.17) is 4.74 Å². The maximum Gasteiger partial charge on any atom is 0.244 e. The molecule has 2 N–H and O–H groups in total. The minimum atomic E-state index is -0.584. The first-order chi connectivity index (χ1) is 8.47. The number of amides is 1. The first kappa shape index (κ1) is 14.5. The number of carbonyl (C=O) groups is 1. The van der Waals surface area contributed by atoms with Crippen LogP contribution in [0.1, 0.15) is 31.9 Å². The molecule has 0 aromatic heterocycles. The molecule has 0 heterocycles. The van der Waals surface area contributed by atoms with Gasteiger partial charge in [-0.2, -0.15) is 0 Å². The Morgan fingerprint density at radius 3 is 2.56 bits per heavy atom. The highest BCUT2D eigenvalue weighted by Crippen LogP contribution is 2.28. The van der Waals surface area contributed by atoms with E-state index in [9.17, 15) is 4.79 Å². The van der Waals surface area contributed by atoms with E-state index < -0.39 is 5.41 Å². The van der Waals surface area contributed by atoms with Crippen molar-refractivity contribution in [3.8, 4) is 5.75 Å². The van der Waals surface area contributed by atoms with Crippen molar-refractivity contribution in [2.75, 3.05) is 14.2 Å². The van der Waals surface area contributed by atoms with E-state index in [1.165, 1.54) is 0 Å². The lowest BCUT2D eigenvalue weighted by Crippen LogP contribution is -2.45. The minimum Gasteiger partial charge on any atom is -0.496 e. The van der Waals surface area contributed by atoms with Crippen LogP contribution in [0.3, 0.4) is 0 Å². The number of hydrogen-bond donors (Lipinski definition) is 2. The number of carbonyl (C=O) groups excluding carboxylic acids is 1. The van der Waals surface area contributed by atoms with Gasteiger partial charge in [-0.3, -0.25) is 10.2 Å². The summed E-state index contributed by atoms with van der Waals surface area (Å²) in [5, 5.41) is 0. The number of benzene rings is 1. The number of aryl methyl sites for hydroxylation is 1. The van der Waals surface area contributed by atoms with Gasteiger partial charge in [0.15, 0.2) is 0 Å². The monoisotopic (exact) mass is 250 g/mol. The molecule has 0 unspecified atom stereocenters. The molecule has 4 nitrogen and oxygen atoms in total. The normalized spacial score (nSPS) is 11.2. The van der Waals surface area contributed by atoms with Crippen molar-refractivity contribution < 1.29 is 9.53 Å². The molecule has 1 aromatic rings. The van der Waals surface area contributed by atoms with Crippen LogP contribution < -0.4 is 15.6 Å². The summed E-state index contributed by atoms with van der Waals surface area (Å²) in [6.45, 7) is 5.88. The average molecular weight is 250 g/mol. The van der Waals surface area contributed by atoms with E-state index >= 15 is 0 Å². The molecule has 18 heavy (non-hydrogen) atoms. The Bertz CT molecular complexity index is 428. The van der Waals surface area contributed by atoms with Gasteiger partial charge in [0.1, 0.15) is 5.75 Å². The van der Waals surface area contributed by atoms with Gasteiger partial charge >= 0.3 is 0 Å². The lowest BCUT2D eigenvalue weighted by molar-refractivity contribution is -0.126. The third kappa shape index (κ3) is 2.82. The SMILES string of the molecule is CCc1cc(C(C)(C)C(=O)NNC)ccc1OC. The van der Waals surface area contributed by atoms with Crippen LogP contribution >= 0.6 is 0 Å². The highest BCUT2D eigenvalue weighted by atomic mass is 16.5. The van der Waals surface area contributed by atoms with E-state index in [1.807, 2.05) is 32.0 Å². The third-order valence-corrected chi connectivity index (χ3v) is 3.19. The molecular formula is C14H22N2O2. The topological polar surface area (TPSA) is 50.4 Å². The first-order valence-electron chi connectivity index (χ1n) is 6.12. The summed E-state index contributed by atoms with van der Waals surface area (Å²) >= 11 is 0. The highest BCUT2D eigenvalue weighted by Gasteiger charge is 2.30. The first-order valence-corrected chi connectivity index (χ1v) is 6.12. The fourth-order valence-corrected chi connectivity index (χ4v) is 1.84. The van der Waals surface area contributed by atoms with Crippen LogP contribution in [0.4, 0.5) is 0 Å². The van der Waals surface area contributed by atoms with E-state index in [0.717, 1.165) is 23.3 Å². The van der Waals surface area contributed by atoms with Crippen molar-refractivity contribution in [3.05, 3.63) is 29.3 Å². The summed E-state index contributed by atoms with van der Waals surface area (Å²) in [7, 11) is 3.34. The van der Waals surface area contributed by atoms with Gasteiger partial charge in [0.2, 0.25) is 5.91 Å². The molecule has 0 spiro atoms. The molecule has 0 fully saturated rings. The number of rotatable bonds is 5. The third-order valence-electron chi connectivity index (χ3n) is 3.19. The van der Waals surface area contributed by atoms with Crippen LogP contribution in [0.5, 0.6) is 5.75 Å². The second-order valence-electron chi connectivity index (χ2n) is 4.71. The van der Waals surface area contributed by atoms with Crippen molar-refractivity contribution in [2.45, 2.75) is 32.6 Å². The fourth-order valence-electron chi connectivity index (χ4n) is 1.84. The molecule has 0 saturated heterocycles. The van der Waals surface area contributed by atoms with Crippen LogP contribution in [0, 0.1) is 0 Å². The Morgan fingerprint density at radius 2 is 2.06 bits per heavy atom. The van der Waals surface area contributed by atoms with Crippen molar-refractivity contribution in [3.63, 3.8) is 0 Å². The molecule has 1 aromatic carbocycles. The van der Waals surface area contributed by atoms with Crippen molar-refractivity contribution in [1.29, 1.82) is 0 Å². The minimum absolute atomic E-state index is 0.0581. The summed E-state index contributed by atoms with van der Waals surface area (Å²) < 4.78 is 5.30. The van der Waals surface area contributed by atoms with Gasteiger partial charge in [0, 0.05) is 7.05 Å². The Balaban J connectivity index is 3.12. The Hall–Kier alpha value is -1.55. The summed E-state index contributed by atoms with van der Waals surface area (Å²) in [6.07, 6.45) is 0.876. The van der Waals surface area contributed by atoms with Gasteiger partial charge in [-0.15, -0.1) is 0 Å². The molecule has 100 valence electrons. The van der Waals surface area contributed by atoms with Gasteiger partial charge < -0.3 is 4.74 Å². The van der Waals surface area contributed by atoms with Crippen molar-refractivity contribution >= 4 is 5.91 Å². The molecule has 4 heteroatoms. The Labute approximate surface area is 109 Å². The molecule has 0 aliphatic heterocycles. The molecule has 0 aliphatic carbocycles. The molecule has 1 rings (SSSR count). The summed E-state index contributed by atoms with van der Waals surface area (Å²) in [4.78, 5) is 12.0. The summed E-state index contributed by atoms with van der Waals surface area (Å²) in [5.74, 6) is 0.809. The molecule has 0 radical (unpaired) electrons. The van der Waals surface area contributed by atoms with Gasteiger partial charge in [-0.05, 0) is 37.5 Å². The molecule has 0 saturated carbocycles. The van der Waals surface area contributed by atoms with E-state index in [1.54, 1.807) is 14.2 Å². The number of hydrazine groups is 1. The predicted molar refractivity (Wildman–Crippen MR) is 72.6 cm³/mol. The zero-order valence-electron chi connectivity index (χ0n) is 11.8. The Kier molecular flexibility index (Phi) is 4.73. The smallest absolute Gasteiger partial charge is 0.244 e. The zero-order valence-corrected chi connectivity index (χ0v) is 11.8. The van der Waals surface area contributed by atoms with Crippen LogP contribution in [0.15, 0.2) is 18.2 Å². The van der Waals surface area contributed by atoms with Crippen LogP contribution in [-0.4, -0.2) is 20.1 Å². The number of nitrogens with one attached hydrogen (secondary N) is 2. The zero-order chi connectivity index (χ0) is 13.8. The van der Waals surface area contributed by atoms with E-state index in [0.29, 0.717) is 0 Å². The number of ether oxygens (including phenoxy) is 1. The molecular weight excluding hydrogens is 228 g/mol.